The number of methoxy groups -OCH3 is 1. The Morgan fingerprint density at radius 2 is 2.12 bits per heavy atom. The van der Waals surface area contributed by atoms with Crippen molar-refractivity contribution in [1.82, 2.24) is 9.55 Å². The van der Waals surface area contributed by atoms with Crippen molar-refractivity contribution in [2.75, 3.05) is 12.8 Å². The standard InChI is InChI=1S/C12H21N3O/c1-12(2,16-4)7-9-10(13)15(3)11(14-9)8-5-6-8/h8H,5-7,13H2,1-4H3. The molecule has 0 radical (unpaired) electrons. The number of nitrogens with two attached hydrogens (primary N) is 1. The quantitative estimate of drug-likeness (QED) is 0.847. The van der Waals surface area contributed by atoms with Gasteiger partial charge in [-0.3, -0.25) is 0 Å². The van der Waals surface area contributed by atoms with Gasteiger partial charge in [-0.05, 0) is 26.7 Å². The number of rotatable bonds is 4. The van der Waals surface area contributed by atoms with Crippen LogP contribution in [0.2, 0.25) is 0 Å². The zero-order chi connectivity index (χ0) is 11.9. The fourth-order valence-electron chi connectivity index (χ4n) is 1.90. The summed E-state index contributed by atoms with van der Waals surface area (Å²) in [7, 11) is 3.72. The first kappa shape index (κ1) is 11.5. The third-order valence-corrected chi connectivity index (χ3v) is 3.34. The van der Waals surface area contributed by atoms with Gasteiger partial charge < -0.3 is 15.0 Å². The third-order valence-electron chi connectivity index (χ3n) is 3.34. The van der Waals surface area contributed by atoms with E-state index in [1.54, 1.807) is 7.11 Å². The maximum atomic E-state index is 6.08. The summed E-state index contributed by atoms with van der Waals surface area (Å²) in [5.74, 6) is 2.55. The number of nitrogen functional groups attached to an aromatic ring is 1. The lowest BCUT2D eigenvalue weighted by molar-refractivity contribution is 0.0226. The van der Waals surface area contributed by atoms with Gasteiger partial charge in [0.25, 0.3) is 0 Å². The van der Waals surface area contributed by atoms with E-state index in [-0.39, 0.29) is 5.60 Å². The van der Waals surface area contributed by atoms with Gasteiger partial charge in [0.2, 0.25) is 0 Å². The average Bonchev–Trinajstić information content (AvgIpc) is 3.02. The molecule has 16 heavy (non-hydrogen) atoms. The van der Waals surface area contributed by atoms with Crippen LogP contribution < -0.4 is 5.73 Å². The number of anilines is 1. The lowest BCUT2D eigenvalue weighted by Gasteiger charge is -2.21. The van der Waals surface area contributed by atoms with Gasteiger partial charge in [0.1, 0.15) is 11.6 Å². The number of aromatic nitrogens is 2. The molecule has 0 bridgehead atoms. The van der Waals surface area contributed by atoms with Crippen molar-refractivity contribution in [1.29, 1.82) is 0 Å². The highest BCUT2D eigenvalue weighted by Crippen LogP contribution is 2.40. The van der Waals surface area contributed by atoms with E-state index in [2.05, 4.69) is 18.8 Å². The highest BCUT2D eigenvalue weighted by atomic mass is 16.5. The Hall–Kier alpha value is -1.03. The molecular weight excluding hydrogens is 202 g/mol. The van der Waals surface area contributed by atoms with Crippen molar-refractivity contribution in [3.8, 4) is 0 Å². The molecule has 0 atom stereocenters. The Morgan fingerprint density at radius 3 is 2.62 bits per heavy atom. The van der Waals surface area contributed by atoms with Crippen LogP contribution in [0.3, 0.4) is 0 Å². The van der Waals surface area contributed by atoms with Gasteiger partial charge in [0.15, 0.2) is 0 Å². The van der Waals surface area contributed by atoms with E-state index in [0.717, 1.165) is 23.8 Å². The third kappa shape index (κ3) is 2.07. The first-order valence-electron chi connectivity index (χ1n) is 5.80. The van der Waals surface area contributed by atoms with Gasteiger partial charge in [0.05, 0.1) is 11.3 Å². The molecule has 1 aromatic heterocycles. The van der Waals surface area contributed by atoms with E-state index >= 15 is 0 Å². The van der Waals surface area contributed by atoms with Crippen molar-refractivity contribution >= 4 is 5.82 Å². The first-order valence-corrected chi connectivity index (χ1v) is 5.80. The second-order valence-corrected chi connectivity index (χ2v) is 5.28. The lowest BCUT2D eigenvalue weighted by Crippen LogP contribution is -2.26. The zero-order valence-electron chi connectivity index (χ0n) is 10.6. The molecule has 0 saturated heterocycles. The molecule has 1 heterocycles. The second kappa shape index (κ2) is 3.77. The van der Waals surface area contributed by atoms with Crippen LogP contribution in [-0.4, -0.2) is 22.3 Å². The molecule has 0 aliphatic heterocycles. The summed E-state index contributed by atoms with van der Waals surface area (Å²) in [5.41, 5.74) is 6.84. The summed E-state index contributed by atoms with van der Waals surface area (Å²) in [4.78, 5) is 4.66. The van der Waals surface area contributed by atoms with Gasteiger partial charge >= 0.3 is 0 Å². The van der Waals surface area contributed by atoms with Crippen LogP contribution in [0.15, 0.2) is 0 Å². The molecule has 4 heteroatoms. The minimum absolute atomic E-state index is 0.205. The van der Waals surface area contributed by atoms with E-state index in [1.165, 1.54) is 12.8 Å². The Labute approximate surface area is 96.8 Å². The molecule has 1 saturated carbocycles. The monoisotopic (exact) mass is 223 g/mol. The molecule has 2 N–H and O–H groups in total. The maximum Gasteiger partial charge on any atom is 0.126 e. The van der Waals surface area contributed by atoms with Gasteiger partial charge in [-0.15, -0.1) is 0 Å². The van der Waals surface area contributed by atoms with Crippen molar-refractivity contribution in [3.63, 3.8) is 0 Å². The lowest BCUT2D eigenvalue weighted by atomic mass is 10.0. The number of ether oxygens (including phenoxy) is 1. The molecule has 1 aliphatic carbocycles. The predicted molar refractivity (Wildman–Crippen MR) is 64.4 cm³/mol. The van der Waals surface area contributed by atoms with Crippen molar-refractivity contribution in [2.45, 2.75) is 44.6 Å². The van der Waals surface area contributed by atoms with E-state index in [4.69, 9.17) is 10.5 Å². The number of hydrogen-bond donors (Lipinski definition) is 1. The van der Waals surface area contributed by atoms with Crippen molar-refractivity contribution in [3.05, 3.63) is 11.5 Å². The van der Waals surface area contributed by atoms with Gasteiger partial charge in [-0.25, -0.2) is 4.98 Å². The molecular formula is C12H21N3O. The van der Waals surface area contributed by atoms with E-state index < -0.39 is 0 Å². The van der Waals surface area contributed by atoms with Crippen molar-refractivity contribution < 1.29 is 4.74 Å². The summed E-state index contributed by atoms with van der Waals surface area (Å²) in [6.07, 6.45) is 3.25. The molecule has 0 unspecified atom stereocenters. The van der Waals surface area contributed by atoms with E-state index in [1.807, 2.05) is 11.6 Å². The summed E-state index contributed by atoms with van der Waals surface area (Å²) < 4.78 is 7.44. The number of hydrogen-bond acceptors (Lipinski definition) is 3. The maximum absolute atomic E-state index is 6.08. The largest absolute Gasteiger partial charge is 0.384 e. The molecule has 0 amide bonds. The van der Waals surface area contributed by atoms with Gasteiger partial charge in [0, 0.05) is 26.5 Å². The Bertz CT molecular complexity index is 391. The van der Waals surface area contributed by atoms with Crippen LogP contribution in [0.5, 0.6) is 0 Å². The number of nitrogens with zero attached hydrogens (tertiary/aromatic N) is 2. The van der Waals surface area contributed by atoms with Crippen LogP contribution in [0.4, 0.5) is 5.82 Å². The first-order chi connectivity index (χ1) is 7.44. The topological polar surface area (TPSA) is 53.1 Å². The highest BCUT2D eigenvalue weighted by molar-refractivity contribution is 5.40. The normalized spacial score (nSPS) is 16.8. The summed E-state index contributed by atoms with van der Waals surface area (Å²) in [6.45, 7) is 4.11. The smallest absolute Gasteiger partial charge is 0.126 e. The minimum atomic E-state index is -0.205. The average molecular weight is 223 g/mol. The summed E-state index contributed by atoms with van der Waals surface area (Å²) in [6, 6.07) is 0. The summed E-state index contributed by atoms with van der Waals surface area (Å²) >= 11 is 0. The molecule has 1 fully saturated rings. The fourth-order valence-corrected chi connectivity index (χ4v) is 1.90. The van der Waals surface area contributed by atoms with Gasteiger partial charge in [-0.2, -0.15) is 0 Å². The predicted octanol–water partition coefficient (Wildman–Crippen LogP) is 1.85. The molecule has 0 spiro atoms. The SMILES string of the molecule is COC(C)(C)Cc1nc(C2CC2)n(C)c1N. The summed E-state index contributed by atoms with van der Waals surface area (Å²) in [5, 5.41) is 0. The van der Waals surface area contributed by atoms with Crippen LogP contribution >= 0.6 is 0 Å². The Morgan fingerprint density at radius 1 is 1.50 bits per heavy atom. The van der Waals surface area contributed by atoms with Crippen LogP contribution in [-0.2, 0) is 18.2 Å². The van der Waals surface area contributed by atoms with Crippen LogP contribution in [0.1, 0.15) is 44.1 Å². The zero-order valence-corrected chi connectivity index (χ0v) is 10.6. The fraction of sp³-hybridized carbons (Fsp3) is 0.750. The van der Waals surface area contributed by atoms with Crippen LogP contribution in [0, 0.1) is 0 Å². The van der Waals surface area contributed by atoms with Crippen LogP contribution in [0.25, 0.3) is 0 Å². The van der Waals surface area contributed by atoms with E-state index in [9.17, 15) is 0 Å². The van der Waals surface area contributed by atoms with E-state index in [0.29, 0.717) is 5.92 Å². The minimum Gasteiger partial charge on any atom is -0.384 e. The molecule has 1 aromatic rings. The molecule has 0 aromatic carbocycles. The Balaban J connectivity index is 2.24. The molecule has 2 rings (SSSR count). The molecule has 1 aliphatic rings. The molecule has 4 nitrogen and oxygen atoms in total. The van der Waals surface area contributed by atoms with Gasteiger partial charge in [-0.1, -0.05) is 0 Å². The molecule has 90 valence electrons. The highest BCUT2D eigenvalue weighted by Gasteiger charge is 2.31. The van der Waals surface area contributed by atoms with Crippen molar-refractivity contribution in [2.24, 2.45) is 7.05 Å². The Kier molecular flexibility index (Phi) is 2.70. The number of imidazole rings is 1. The second-order valence-electron chi connectivity index (χ2n) is 5.28.